The number of piperidine rings is 1. The van der Waals surface area contributed by atoms with E-state index in [1.165, 1.54) is 43.5 Å². The molecule has 1 aliphatic carbocycles. The normalized spacial score (nSPS) is 18.5. The van der Waals surface area contributed by atoms with Gasteiger partial charge in [-0.15, -0.1) is 0 Å². The van der Waals surface area contributed by atoms with Gasteiger partial charge in [0.15, 0.2) is 0 Å². The predicted molar refractivity (Wildman–Crippen MR) is 174 cm³/mol. The van der Waals surface area contributed by atoms with Crippen LogP contribution in [0.3, 0.4) is 0 Å². The number of ether oxygens (including phenoxy) is 1. The molecular formula is C35H42ClFN4O2. The average molecular weight is 605 g/mol. The number of benzene rings is 2. The number of amides is 1. The maximum absolute atomic E-state index is 14.4. The van der Waals surface area contributed by atoms with E-state index in [1.807, 2.05) is 6.92 Å². The Balaban J connectivity index is 1.40. The van der Waals surface area contributed by atoms with Crippen LogP contribution in [0.4, 0.5) is 15.8 Å². The molecular weight excluding hydrogens is 563 g/mol. The molecule has 6 nitrogen and oxygen atoms in total. The van der Waals surface area contributed by atoms with E-state index in [-0.39, 0.29) is 11.7 Å². The topological polar surface area (TPSA) is 56.8 Å². The minimum atomic E-state index is -0.500. The van der Waals surface area contributed by atoms with Crippen LogP contribution in [0.15, 0.2) is 83.9 Å². The van der Waals surface area contributed by atoms with Crippen molar-refractivity contribution in [1.29, 1.82) is 0 Å². The summed E-state index contributed by atoms with van der Waals surface area (Å²) in [6.45, 7) is 10.3. The summed E-state index contributed by atoms with van der Waals surface area (Å²) in [5.41, 5.74) is 4.70. The molecule has 2 heterocycles. The van der Waals surface area contributed by atoms with E-state index in [2.05, 4.69) is 52.3 Å². The molecule has 2 N–H and O–H groups in total. The van der Waals surface area contributed by atoms with Gasteiger partial charge in [-0.05, 0) is 93.8 Å². The van der Waals surface area contributed by atoms with Gasteiger partial charge in [-0.3, -0.25) is 4.79 Å². The Bertz CT molecular complexity index is 1430. The van der Waals surface area contributed by atoms with Crippen molar-refractivity contribution in [3.05, 3.63) is 106 Å². The summed E-state index contributed by atoms with van der Waals surface area (Å²) >= 11 is 6.09. The summed E-state index contributed by atoms with van der Waals surface area (Å²) < 4.78 is 21.1. The van der Waals surface area contributed by atoms with Crippen LogP contribution < -0.4 is 10.6 Å². The molecule has 8 heteroatoms. The molecule has 1 amide bonds. The SMILES string of the molecule is C=C(Nc1ccc(F)cc1C(=O)Nc1ccc(Cl)cc1C)C1=C(OC2CCN(C)CC2)CC=C(N2CCCCCC2)C=C1. The zero-order valence-electron chi connectivity index (χ0n) is 25.2. The summed E-state index contributed by atoms with van der Waals surface area (Å²) in [6, 6.07) is 9.37. The number of aryl methyl sites for hydroxylation is 1. The highest BCUT2D eigenvalue weighted by Crippen LogP contribution is 2.31. The second-order valence-corrected chi connectivity index (χ2v) is 12.2. The van der Waals surface area contributed by atoms with Crippen molar-refractivity contribution in [3.8, 4) is 0 Å². The summed E-state index contributed by atoms with van der Waals surface area (Å²) in [5, 5.41) is 6.80. The van der Waals surface area contributed by atoms with E-state index in [9.17, 15) is 9.18 Å². The van der Waals surface area contributed by atoms with E-state index < -0.39 is 11.7 Å². The molecule has 5 rings (SSSR count). The predicted octanol–water partition coefficient (Wildman–Crippen LogP) is 8.05. The molecule has 0 radical (unpaired) electrons. The van der Waals surface area contributed by atoms with Crippen LogP contribution in [0.5, 0.6) is 0 Å². The van der Waals surface area contributed by atoms with Gasteiger partial charge in [0.2, 0.25) is 0 Å². The van der Waals surface area contributed by atoms with E-state index in [0.717, 1.165) is 55.9 Å². The number of carbonyl (C=O) groups excluding carboxylic acids is 1. The lowest BCUT2D eigenvalue weighted by molar-refractivity contribution is 0.0551. The second kappa shape index (κ2) is 14.3. The number of rotatable bonds is 8. The Morgan fingerprint density at radius 3 is 2.42 bits per heavy atom. The summed E-state index contributed by atoms with van der Waals surface area (Å²) in [7, 11) is 2.14. The van der Waals surface area contributed by atoms with Crippen LogP contribution in [0.25, 0.3) is 0 Å². The molecule has 43 heavy (non-hydrogen) atoms. The zero-order chi connectivity index (χ0) is 30.3. The fourth-order valence-electron chi connectivity index (χ4n) is 5.88. The molecule has 0 bridgehead atoms. The molecule has 2 saturated heterocycles. The third kappa shape index (κ3) is 8.09. The highest BCUT2D eigenvalue weighted by molar-refractivity contribution is 6.30. The van der Waals surface area contributed by atoms with Crippen molar-refractivity contribution < 1.29 is 13.9 Å². The minimum Gasteiger partial charge on any atom is -0.494 e. The van der Waals surface area contributed by atoms with Crippen molar-refractivity contribution in [3.63, 3.8) is 0 Å². The molecule has 0 atom stereocenters. The smallest absolute Gasteiger partial charge is 0.257 e. The fraction of sp³-hybridized carbons (Fsp3) is 0.400. The lowest BCUT2D eigenvalue weighted by Crippen LogP contribution is -2.34. The lowest BCUT2D eigenvalue weighted by atomic mass is 10.1. The Hall–Kier alpha value is -3.55. The van der Waals surface area contributed by atoms with Crippen molar-refractivity contribution in [1.82, 2.24) is 9.80 Å². The largest absolute Gasteiger partial charge is 0.494 e. The van der Waals surface area contributed by atoms with Crippen LogP contribution in [0, 0.1) is 12.7 Å². The highest BCUT2D eigenvalue weighted by atomic mass is 35.5. The third-order valence-electron chi connectivity index (χ3n) is 8.44. The van der Waals surface area contributed by atoms with Gasteiger partial charge in [0.1, 0.15) is 17.7 Å². The van der Waals surface area contributed by atoms with Crippen LogP contribution in [0.1, 0.15) is 60.9 Å². The molecule has 3 aliphatic rings. The number of carbonyl (C=O) groups is 1. The van der Waals surface area contributed by atoms with E-state index >= 15 is 0 Å². The Labute approximate surface area is 259 Å². The fourth-order valence-corrected chi connectivity index (χ4v) is 6.11. The number of hydrogen-bond acceptors (Lipinski definition) is 5. The summed E-state index contributed by atoms with van der Waals surface area (Å²) in [4.78, 5) is 18.2. The number of likely N-dealkylation sites (tertiary alicyclic amines) is 2. The number of nitrogens with one attached hydrogen (secondary N) is 2. The molecule has 2 fully saturated rings. The standard InChI is InChI=1S/C35H42ClFN4O2/c1-24-22-26(36)8-13-32(24)39-35(42)31-23-27(37)9-14-33(31)38-25(2)30-12-10-28(41-18-6-4-5-7-19-41)11-15-34(30)43-29-16-20-40(3)21-17-29/h8-14,22-23,29,38H,2,4-7,15-21H2,1,3H3,(H,39,42). The first-order valence-corrected chi connectivity index (χ1v) is 15.7. The van der Waals surface area contributed by atoms with Gasteiger partial charge < -0.3 is 25.2 Å². The van der Waals surface area contributed by atoms with Crippen LogP contribution in [-0.4, -0.2) is 55.0 Å². The first-order chi connectivity index (χ1) is 20.8. The Morgan fingerprint density at radius 2 is 1.70 bits per heavy atom. The van der Waals surface area contributed by atoms with Crippen molar-refractivity contribution in [2.45, 2.75) is 58.0 Å². The van der Waals surface area contributed by atoms with Crippen LogP contribution >= 0.6 is 11.6 Å². The van der Waals surface area contributed by atoms with Crippen molar-refractivity contribution in [2.24, 2.45) is 0 Å². The number of halogens is 2. The first kappa shape index (κ1) is 30.9. The van der Waals surface area contributed by atoms with E-state index in [4.69, 9.17) is 16.3 Å². The third-order valence-corrected chi connectivity index (χ3v) is 8.67. The van der Waals surface area contributed by atoms with Gasteiger partial charge >= 0.3 is 0 Å². The minimum absolute atomic E-state index is 0.130. The average Bonchev–Trinajstić information content (AvgIpc) is 3.38. The number of hydrogen-bond donors (Lipinski definition) is 2. The molecule has 2 aromatic carbocycles. The summed E-state index contributed by atoms with van der Waals surface area (Å²) in [5.74, 6) is -0.0724. The molecule has 228 valence electrons. The van der Waals surface area contributed by atoms with Crippen LogP contribution in [0.2, 0.25) is 5.02 Å². The Morgan fingerprint density at radius 1 is 0.977 bits per heavy atom. The van der Waals surface area contributed by atoms with E-state index in [0.29, 0.717) is 28.5 Å². The Kier molecular flexibility index (Phi) is 10.3. The van der Waals surface area contributed by atoms with Gasteiger partial charge in [-0.2, -0.15) is 0 Å². The van der Waals surface area contributed by atoms with Gasteiger partial charge in [0, 0.05) is 60.3 Å². The monoisotopic (exact) mass is 604 g/mol. The van der Waals surface area contributed by atoms with Gasteiger partial charge in [0.05, 0.1) is 11.3 Å². The van der Waals surface area contributed by atoms with Gasteiger partial charge in [-0.25, -0.2) is 4.39 Å². The number of nitrogens with zero attached hydrogens (tertiary/aromatic N) is 2. The molecule has 2 aliphatic heterocycles. The first-order valence-electron chi connectivity index (χ1n) is 15.3. The lowest BCUT2D eigenvalue weighted by Gasteiger charge is -2.30. The molecule has 0 aromatic heterocycles. The number of allylic oxidation sites excluding steroid dienone is 3. The van der Waals surface area contributed by atoms with E-state index in [1.54, 1.807) is 24.3 Å². The second-order valence-electron chi connectivity index (χ2n) is 11.7. The van der Waals surface area contributed by atoms with Gasteiger partial charge in [-0.1, -0.05) is 37.1 Å². The zero-order valence-corrected chi connectivity index (χ0v) is 26.0. The number of anilines is 2. The van der Waals surface area contributed by atoms with Crippen molar-refractivity contribution >= 4 is 28.9 Å². The maximum Gasteiger partial charge on any atom is 0.257 e. The van der Waals surface area contributed by atoms with Crippen molar-refractivity contribution in [2.75, 3.05) is 43.9 Å². The highest BCUT2D eigenvalue weighted by Gasteiger charge is 2.23. The maximum atomic E-state index is 14.4. The quantitative estimate of drug-likeness (QED) is 0.319. The van der Waals surface area contributed by atoms with Crippen LogP contribution in [-0.2, 0) is 4.74 Å². The van der Waals surface area contributed by atoms with Gasteiger partial charge in [0.25, 0.3) is 5.91 Å². The molecule has 0 spiro atoms. The molecule has 0 saturated carbocycles. The molecule has 0 unspecified atom stereocenters. The summed E-state index contributed by atoms with van der Waals surface area (Å²) in [6.07, 6.45) is 14.1. The molecule has 2 aromatic rings.